The molecule has 0 spiro atoms. The van der Waals surface area contributed by atoms with Gasteiger partial charge in [0.2, 0.25) is 5.91 Å². The van der Waals surface area contributed by atoms with E-state index in [9.17, 15) is 9.59 Å². The maximum Gasteiger partial charge on any atom is 0.308 e. The number of carboxylic acids is 1. The van der Waals surface area contributed by atoms with Crippen molar-refractivity contribution >= 4 is 11.9 Å². The molecule has 2 N–H and O–H groups in total. The van der Waals surface area contributed by atoms with Gasteiger partial charge < -0.3 is 15.3 Å². The molecule has 2 saturated heterocycles. The van der Waals surface area contributed by atoms with Crippen LogP contribution in [0.5, 0.6) is 0 Å². The number of piperidine rings is 1. The average Bonchev–Trinajstić information content (AvgIpc) is 2.40. The van der Waals surface area contributed by atoms with Gasteiger partial charge in [-0.25, -0.2) is 0 Å². The summed E-state index contributed by atoms with van der Waals surface area (Å²) in [4.78, 5) is 26.9. The average molecular weight is 255 g/mol. The van der Waals surface area contributed by atoms with Crippen molar-refractivity contribution in [1.29, 1.82) is 0 Å². The number of rotatable bonds is 3. The first-order chi connectivity index (χ1) is 8.66. The van der Waals surface area contributed by atoms with Crippen molar-refractivity contribution in [3.05, 3.63) is 0 Å². The zero-order valence-electron chi connectivity index (χ0n) is 10.6. The molecule has 0 aromatic rings. The summed E-state index contributed by atoms with van der Waals surface area (Å²) in [6.45, 7) is 5.13. The highest BCUT2D eigenvalue weighted by Crippen LogP contribution is 2.16. The maximum atomic E-state index is 12.1. The monoisotopic (exact) mass is 255 g/mol. The second-order valence-corrected chi connectivity index (χ2v) is 5.04. The van der Waals surface area contributed by atoms with Crippen LogP contribution in [0.2, 0.25) is 0 Å². The minimum Gasteiger partial charge on any atom is -0.481 e. The molecule has 0 aliphatic carbocycles. The van der Waals surface area contributed by atoms with E-state index in [1.807, 2.05) is 0 Å². The highest BCUT2D eigenvalue weighted by Gasteiger charge is 2.28. The number of hydrogen-bond donors (Lipinski definition) is 2. The maximum absolute atomic E-state index is 12.1. The first-order valence-corrected chi connectivity index (χ1v) is 6.60. The number of carbonyl (C=O) groups excluding carboxylic acids is 1. The molecule has 6 heteroatoms. The molecule has 0 aromatic carbocycles. The molecule has 0 bridgehead atoms. The SMILES string of the molecule is O=C(O)[C@@H]1CCCN(C(=O)CN2CCNCC2)C1. The number of nitrogens with one attached hydrogen (secondary N) is 1. The molecule has 0 saturated carbocycles. The number of amides is 1. The lowest BCUT2D eigenvalue weighted by Gasteiger charge is -2.33. The fraction of sp³-hybridized carbons (Fsp3) is 0.833. The lowest BCUT2D eigenvalue weighted by Crippen LogP contribution is -2.50. The van der Waals surface area contributed by atoms with E-state index in [1.54, 1.807) is 4.90 Å². The number of piperazine rings is 1. The second-order valence-electron chi connectivity index (χ2n) is 5.04. The summed E-state index contributed by atoms with van der Waals surface area (Å²) < 4.78 is 0. The molecule has 2 aliphatic rings. The summed E-state index contributed by atoms with van der Waals surface area (Å²) in [7, 11) is 0. The molecule has 102 valence electrons. The molecule has 2 fully saturated rings. The molecule has 18 heavy (non-hydrogen) atoms. The van der Waals surface area contributed by atoms with E-state index in [2.05, 4.69) is 10.2 Å². The van der Waals surface area contributed by atoms with Gasteiger partial charge in [-0.2, -0.15) is 0 Å². The summed E-state index contributed by atoms with van der Waals surface area (Å²) in [5.74, 6) is -1.09. The molecule has 1 amide bonds. The van der Waals surface area contributed by atoms with Crippen LogP contribution < -0.4 is 5.32 Å². The summed E-state index contributed by atoms with van der Waals surface area (Å²) in [5.41, 5.74) is 0. The van der Waals surface area contributed by atoms with Gasteiger partial charge in [0.05, 0.1) is 12.5 Å². The Morgan fingerprint density at radius 2 is 1.94 bits per heavy atom. The highest BCUT2D eigenvalue weighted by molar-refractivity contribution is 5.79. The predicted molar refractivity (Wildman–Crippen MR) is 66.2 cm³/mol. The third-order valence-corrected chi connectivity index (χ3v) is 3.69. The molecular formula is C12H21N3O3. The van der Waals surface area contributed by atoms with Crippen LogP contribution in [-0.4, -0.2) is 72.6 Å². The van der Waals surface area contributed by atoms with Crippen LogP contribution in [0.25, 0.3) is 0 Å². The van der Waals surface area contributed by atoms with Crippen LogP contribution in [0.1, 0.15) is 12.8 Å². The third-order valence-electron chi connectivity index (χ3n) is 3.69. The van der Waals surface area contributed by atoms with E-state index in [0.717, 1.165) is 32.6 Å². The van der Waals surface area contributed by atoms with Crippen molar-refractivity contribution in [2.75, 3.05) is 45.8 Å². The van der Waals surface area contributed by atoms with Crippen LogP contribution >= 0.6 is 0 Å². The molecule has 1 atom stereocenters. The lowest BCUT2D eigenvalue weighted by molar-refractivity contribution is -0.146. The molecular weight excluding hydrogens is 234 g/mol. The van der Waals surface area contributed by atoms with Crippen LogP contribution in [0.3, 0.4) is 0 Å². The molecule has 0 unspecified atom stereocenters. The Balaban J connectivity index is 1.82. The quantitative estimate of drug-likeness (QED) is 0.692. The standard InChI is InChI=1S/C12H21N3O3/c16-11(9-14-6-3-13-4-7-14)15-5-1-2-10(8-15)12(17)18/h10,13H,1-9H2,(H,17,18)/t10-/m1/s1. The minimum absolute atomic E-state index is 0.0721. The number of nitrogens with zero attached hydrogens (tertiary/aromatic N) is 2. The Labute approximate surface area is 107 Å². The summed E-state index contributed by atoms with van der Waals surface area (Å²) in [6.07, 6.45) is 1.48. The van der Waals surface area contributed by atoms with Crippen molar-refractivity contribution in [2.24, 2.45) is 5.92 Å². The van der Waals surface area contributed by atoms with Crippen molar-refractivity contribution < 1.29 is 14.7 Å². The summed E-state index contributed by atoms with van der Waals surface area (Å²) in [6, 6.07) is 0. The van der Waals surface area contributed by atoms with E-state index in [1.165, 1.54) is 0 Å². The largest absolute Gasteiger partial charge is 0.481 e. The van der Waals surface area contributed by atoms with Gasteiger partial charge >= 0.3 is 5.97 Å². The third kappa shape index (κ3) is 3.43. The van der Waals surface area contributed by atoms with Gasteiger partial charge in [0, 0.05) is 39.3 Å². The van der Waals surface area contributed by atoms with E-state index < -0.39 is 5.97 Å². The van der Waals surface area contributed by atoms with Crippen LogP contribution in [0.4, 0.5) is 0 Å². The number of aliphatic carboxylic acids is 1. The van der Waals surface area contributed by atoms with E-state index in [4.69, 9.17) is 5.11 Å². The molecule has 6 nitrogen and oxygen atoms in total. The Bertz CT molecular complexity index is 316. The van der Waals surface area contributed by atoms with Gasteiger partial charge in [-0.15, -0.1) is 0 Å². The Morgan fingerprint density at radius 1 is 1.22 bits per heavy atom. The summed E-state index contributed by atoms with van der Waals surface area (Å²) in [5, 5.41) is 12.2. The van der Waals surface area contributed by atoms with E-state index in [-0.39, 0.29) is 11.8 Å². The highest BCUT2D eigenvalue weighted by atomic mass is 16.4. The number of likely N-dealkylation sites (tertiary alicyclic amines) is 1. The van der Waals surface area contributed by atoms with Crippen LogP contribution in [0.15, 0.2) is 0 Å². The van der Waals surface area contributed by atoms with E-state index in [0.29, 0.717) is 26.1 Å². The van der Waals surface area contributed by atoms with Crippen molar-refractivity contribution in [2.45, 2.75) is 12.8 Å². The molecule has 0 radical (unpaired) electrons. The Hall–Kier alpha value is -1.14. The van der Waals surface area contributed by atoms with E-state index >= 15 is 0 Å². The van der Waals surface area contributed by atoms with Crippen molar-refractivity contribution in [1.82, 2.24) is 15.1 Å². The van der Waals surface area contributed by atoms with Gasteiger partial charge in [-0.05, 0) is 12.8 Å². The van der Waals surface area contributed by atoms with Crippen molar-refractivity contribution in [3.8, 4) is 0 Å². The number of hydrogen-bond acceptors (Lipinski definition) is 4. The van der Waals surface area contributed by atoms with Gasteiger partial charge in [0.25, 0.3) is 0 Å². The molecule has 2 heterocycles. The van der Waals surface area contributed by atoms with Gasteiger partial charge in [0.15, 0.2) is 0 Å². The predicted octanol–water partition coefficient (Wildman–Crippen LogP) is -0.785. The minimum atomic E-state index is -0.783. The molecule has 2 aliphatic heterocycles. The molecule has 2 rings (SSSR count). The van der Waals surface area contributed by atoms with Gasteiger partial charge in [0.1, 0.15) is 0 Å². The first-order valence-electron chi connectivity index (χ1n) is 6.60. The lowest BCUT2D eigenvalue weighted by atomic mass is 9.98. The molecule has 0 aromatic heterocycles. The zero-order valence-corrected chi connectivity index (χ0v) is 10.6. The number of carboxylic acid groups (broad SMARTS) is 1. The van der Waals surface area contributed by atoms with Crippen LogP contribution in [-0.2, 0) is 9.59 Å². The van der Waals surface area contributed by atoms with Gasteiger partial charge in [-0.1, -0.05) is 0 Å². The second kappa shape index (κ2) is 6.15. The number of carbonyl (C=O) groups is 2. The first kappa shape index (κ1) is 13.3. The Kier molecular flexibility index (Phi) is 4.54. The topological polar surface area (TPSA) is 72.9 Å². The Morgan fingerprint density at radius 3 is 2.61 bits per heavy atom. The fourth-order valence-electron chi connectivity index (χ4n) is 2.57. The van der Waals surface area contributed by atoms with Gasteiger partial charge in [-0.3, -0.25) is 14.5 Å². The smallest absolute Gasteiger partial charge is 0.308 e. The van der Waals surface area contributed by atoms with Crippen molar-refractivity contribution in [3.63, 3.8) is 0 Å². The zero-order chi connectivity index (χ0) is 13.0. The fourth-order valence-corrected chi connectivity index (χ4v) is 2.57. The summed E-state index contributed by atoms with van der Waals surface area (Å²) >= 11 is 0. The normalized spacial score (nSPS) is 26.0. The van der Waals surface area contributed by atoms with Crippen LogP contribution in [0, 0.1) is 5.92 Å².